The lowest BCUT2D eigenvalue weighted by Gasteiger charge is -2.12. The summed E-state index contributed by atoms with van der Waals surface area (Å²) in [6, 6.07) is 11.8. The maximum Gasteiger partial charge on any atom is 0.269 e. The zero-order valence-corrected chi connectivity index (χ0v) is 14.2. The molecule has 0 saturated heterocycles. The number of aromatic nitrogens is 3. The van der Waals surface area contributed by atoms with E-state index < -0.39 is 0 Å². The lowest BCUT2D eigenvalue weighted by Crippen LogP contribution is -2.27. The number of carbonyl (C=O) groups excluding carboxylic acids is 1. The largest absolute Gasteiger partial charge is 0.419 e. The van der Waals surface area contributed by atoms with Crippen LogP contribution in [-0.2, 0) is 11.2 Å². The average Bonchev–Trinajstić information content (AvgIpc) is 3.27. The fraction of sp³-hybridized carbons (Fsp3) is 0.333. The predicted molar refractivity (Wildman–Crippen MR) is 90.7 cm³/mol. The van der Waals surface area contributed by atoms with Gasteiger partial charge in [-0.2, -0.15) is 0 Å². The highest BCUT2D eigenvalue weighted by molar-refractivity contribution is 5.76. The lowest BCUT2D eigenvalue weighted by molar-refractivity contribution is -0.121. The summed E-state index contributed by atoms with van der Waals surface area (Å²) in [5.41, 5.74) is 1.70. The minimum atomic E-state index is -0.0418. The van der Waals surface area contributed by atoms with E-state index in [1.54, 1.807) is 13.0 Å². The first-order valence-corrected chi connectivity index (χ1v) is 8.19. The van der Waals surface area contributed by atoms with Crippen LogP contribution < -0.4 is 5.32 Å². The Labute approximate surface area is 145 Å². The quantitative estimate of drug-likeness (QED) is 0.711. The van der Waals surface area contributed by atoms with Crippen LogP contribution in [0.1, 0.15) is 36.5 Å². The van der Waals surface area contributed by atoms with Crippen molar-refractivity contribution >= 4 is 5.91 Å². The molecule has 2 heterocycles. The number of hydrogen-bond donors (Lipinski definition) is 1. The monoisotopic (exact) mass is 340 g/mol. The molecule has 0 spiro atoms. The number of nitrogens with one attached hydrogen (secondary N) is 1. The van der Waals surface area contributed by atoms with Crippen LogP contribution in [0.15, 0.2) is 45.3 Å². The number of benzene rings is 1. The first-order valence-electron chi connectivity index (χ1n) is 8.19. The van der Waals surface area contributed by atoms with Crippen molar-refractivity contribution in [2.45, 2.75) is 32.6 Å². The molecule has 2 aromatic heterocycles. The summed E-state index contributed by atoms with van der Waals surface area (Å²) >= 11 is 0. The Morgan fingerprint density at radius 2 is 2.04 bits per heavy atom. The van der Waals surface area contributed by atoms with Crippen LogP contribution in [-0.4, -0.2) is 27.8 Å². The molecule has 0 radical (unpaired) electrons. The van der Waals surface area contributed by atoms with Crippen LogP contribution >= 0.6 is 0 Å². The molecule has 7 heteroatoms. The molecule has 1 aromatic carbocycles. The van der Waals surface area contributed by atoms with Gasteiger partial charge in [-0.1, -0.05) is 42.4 Å². The fourth-order valence-electron chi connectivity index (χ4n) is 2.40. The Kier molecular flexibility index (Phi) is 5.23. The van der Waals surface area contributed by atoms with Gasteiger partial charge >= 0.3 is 0 Å². The topological polar surface area (TPSA) is 94.1 Å². The zero-order valence-electron chi connectivity index (χ0n) is 14.2. The van der Waals surface area contributed by atoms with Crippen molar-refractivity contribution in [2.75, 3.05) is 6.54 Å². The second-order valence-corrected chi connectivity index (χ2v) is 5.94. The third-order valence-corrected chi connectivity index (χ3v) is 3.85. The van der Waals surface area contributed by atoms with Crippen LogP contribution in [0.2, 0.25) is 0 Å². The van der Waals surface area contributed by atoms with Crippen molar-refractivity contribution in [3.05, 3.63) is 53.6 Å². The highest BCUT2D eigenvalue weighted by Crippen LogP contribution is 2.18. The lowest BCUT2D eigenvalue weighted by atomic mass is 10.0. The Balaban J connectivity index is 1.45. The molecule has 25 heavy (non-hydrogen) atoms. The number of carbonyl (C=O) groups is 1. The van der Waals surface area contributed by atoms with Crippen LogP contribution in [0, 0.1) is 6.92 Å². The summed E-state index contributed by atoms with van der Waals surface area (Å²) in [5, 5.41) is 14.6. The van der Waals surface area contributed by atoms with Gasteiger partial charge in [-0.3, -0.25) is 4.79 Å². The molecule has 0 aliphatic heterocycles. The van der Waals surface area contributed by atoms with E-state index in [1.165, 1.54) is 5.56 Å². The molecule has 0 bridgehead atoms. The first-order chi connectivity index (χ1) is 12.1. The molecule has 0 saturated carbocycles. The van der Waals surface area contributed by atoms with Crippen LogP contribution in [0.3, 0.4) is 0 Å². The van der Waals surface area contributed by atoms with Crippen LogP contribution in [0.5, 0.6) is 0 Å². The van der Waals surface area contributed by atoms with Gasteiger partial charge in [-0.05, 0) is 18.4 Å². The second-order valence-electron chi connectivity index (χ2n) is 5.94. The van der Waals surface area contributed by atoms with Gasteiger partial charge in [-0.15, -0.1) is 10.2 Å². The van der Waals surface area contributed by atoms with E-state index in [0.717, 1.165) is 0 Å². The summed E-state index contributed by atoms with van der Waals surface area (Å²) in [6.45, 7) is 4.46. The Bertz CT molecular complexity index is 826. The molecule has 0 aliphatic rings. The van der Waals surface area contributed by atoms with E-state index in [1.807, 2.05) is 18.2 Å². The van der Waals surface area contributed by atoms with Crippen molar-refractivity contribution in [2.24, 2.45) is 0 Å². The molecule has 0 fully saturated rings. The summed E-state index contributed by atoms with van der Waals surface area (Å²) in [7, 11) is 0. The molecular formula is C18H20N4O3. The van der Waals surface area contributed by atoms with Gasteiger partial charge in [0.15, 0.2) is 5.69 Å². The average molecular weight is 340 g/mol. The molecule has 0 aliphatic carbocycles. The minimum Gasteiger partial charge on any atom is -0.419 e. The molecule has 3 rings (SSSR count). The number of amides is 1. The van der Waals surface area contributed by atoms with E-state index >= 15 is 0 Å². The molecule has 0 unspecified atom stereocenters. The van der Waals surface area contributed by atoms with Gasteiger partial charge in [0.1, 0.15) is 5.76 Å². The molecule has 1 amide bonds. The van der Waals surface area contributed by atoms with Crippen molar-refractivity contribution in [3.8, 4) is 11.6 Å². The van der Waals surface area contributed by atoms with E-state index in [4.69, 9.17) is 8.94 Å². The Morgan fingerprint density at radius 1 is 1.24 bits per heavy atom. The summed E-state index contributed by atoms with van der Waals surface area (Å²) in [4.78, 5) is 12.0. The maximum absolute atomic E-state index is 12.0. The van der Waals surface area contributed by atoms with Gasteiger partial charge < -0.3 is 14.3 Å². The van der Waals surface area contributed by atoms with E-state index in [9.17, 15) is 4.79 Å². The number of hydrogen-bond acceptors (Lipinski definition) is 6. The maximum atomic E-state index is 12.0. The molecule has 1 N–H and O–H groups in total. The zero-order chi connectivity index (χ0) is 17.6. The Hall–Kier alpha value is -2.96. The Morgan fingerprint density at radius 3 is 2.76 bits per heavy atom. The predicted octanol–water partition coefficient (Wildman–Crippen LogP) is 2.89. The van der Waals surface area contributed by atoms with E-state index in [0.29, 0.717) is 42.6 Å². The summed E-state index contributed by atoms with van der Waals surface area (Å²) in [5.74, 6) is 1.59. The standard InChI is InChI=1S/C18H20N4O3/c1-12(14-6-4-3-5-7-14)11-19-16(23)8-9-17-20-21-18(24-17)15-10-13(2)25-22-15/h3-7,10,12H,8-9,11H2,1-2H3,(H,19,23)/t12-/m1/s1. The van der Waals surface area contributed by atoms with Gasteiger partial charge in [0.25, 0.3) is 5.89 Å². The fourth-order valence-corrected chi connectivity index (χ4v) is 2.40. The number of rotatable bonds is 7. The highest BCUT2D eigenvalue weighted by Gasteiger charge is 2.14. The molecule has 7 nitrogen and oxygen atoms in total. The van der Waals surface area contributed by atoms with Crippen LogP contribution in [0.25, 0.3) is 11.6 Å². The summed E-state index contributed by atoms with van der Waals surface area (Å²) < 4.78 is 10.5. The summed E-state index contributed by atoms with van der Waals surface area (Å²) in [6.07, 6.45) is 0.677. The third kappa shape index (κ3) is 4.53. The van der Waals surface area contributed by atoms with E-state index in [2.05, 4.69) is 39.7 Å². The first kappa shape index (κ1) is 16.9. The minimum absolute atomic E-state index is 0.0418. The normalized spacial score (nSPS) is 12.1. The molecule has 130 valence electrons. The van der Waals surface area contributed by atoms with Crippen molar-refractivity contribution in [1.82, 2.24) is 20.7 Å². The number of aryl methyl sites for hydroxylation is 2. The van der Waals surface area contributed by atoms with Crippen molar-refractivity contribution in [3.63, 3.8) is 0 Å². The van der Waals surface area contributed by atoms with Crippen LogP contribution in [0.4, 0.5) is 0 Å². The molecular weight excluding hydrogens is 320 g/mol. The SMILES string of the molecule is Cc1cc(-c2nnc(CCC(=O)NC[C@@H](C)c3ccccc3)o2)no1. The van der Waals surface area contributed by atoms with Crippen molar-refractivity contribution in [1.29, 1.82) is 0 Å². The highest BCUT2D eigenvalue weighted by atomic mass is 16.5. The van der Waals surface area contributed by atoms with E-state index in [-0.39, 0.29) is 11.8 Å². The van der Waals surface area contributed by atoms with Gasteiger partial charge in [0.05, 0.1) is 0 Å². The van der Waals surface area contributed by atoms with Gasteiger partial charge in [0.2, 0.25) is 11.8 Å². The van der Waals surface area contributed by atoms with Gasteiger partial charge in [-0.25, -0.2) is 0 Å². The second kappa shape index (κ2) is 7.74. The molecule has 1 atom stereocenters. The number of nitrogens with zero attached hydrogens (tertiary/aromatic N) is 3. The van der Waals surface area contributed by atoms with Gasteiger partial charge in [0, 0.05) is 25.5 Å². The molecule has 3 aromatic rings. The van der Waals surface area contributed by atoms with Crippen molar-refractivity contribution < 1.29 is 13.7 Å². The smallest absolute Gasteiger partial charge is 0.269 e. The third-order valence-electron chi connectivity index (χ3n) is 3.85.